The van der Waals surface area contributed by atoms with Crippen molar-refractivity contribution in [3.05, 3.63) is 0 Å². The predicted octanol–water partition coefficient (Wildman–Crippen LogP) is 1.99. The number of carboxylic acids is 1. The Labute approximate surface area is 108 Å². The molecule has 2 aliphatic rings. The van der Waals surface area contributed by atoms with E-state index >= 15 is 0 Å². The molecule has 1 aliphatic carbocycles. The first-order valence-electron chi connectivity index (χ1n) is 6.71. The largest absolute Gasteiger partial charge is 0.481 e. The zero-order valence-electron chi connectivity index (χ0n) is 11.7. The normalized spacial score (nSPS) is 30.0. The number of amides is 1. The Balaban J connectivity index is 2.05. The van der Waals surface area contributed by atoms with Crippen LogP contribution in [0.1, 0.15) is 40.5 Å². The number of carboxylic acid groups (broad SMARTS) is 1. The summed E-state index contributed by atoms with van der Waals surface area (Å²) in [5, 5.41) is 9.06. The molecule has 0 spiro atoms. The van der Waals surface area contributed by atoms with E-state index in [1.165, 1.54) is 0 Å². The molecule has 1 saturated heterocycles. The van der Waals surface area contributed by atoms with Gasteiger partial charge in [0.25, 0.3) is 0 Å². The number of carbonyl (C=O) groups excluding carboxylic acids is 1. The molecule has 0 radical (unpaired) electrons. The van der Waals surface area contributed by atoms with E-state index < -0.39 is 5.97 Å². The van der Waals surface area contributed by atoms with Gasteiger partial charge >= 0.3 is 5.97 Å². The molecule has 1 aliphatic heterocycles. The summed E-state index contributed by atoms with van der Waals surface area (Å²) in [4.78, 5) is 25.3. The predicted molar refractivity (Wildman–Crippen MR) is 68.0 cm³/mol. The van der Waals surface area contributed by atoms with E-state index in [1.54, 1.807) is 4.90 Å². The van der Waals surface area contributed by atoms with Crippen LogP contribution < -0.4 is 0 Å². The van der Waals surface area contributed by atoms with E-state index in [0.29, 0.717) is 19.5 Å². The van der Waals surface area contributed by atoms with E-state index in [-0.39, 0.29) is 28.6 Å². The number of aliphatic carboxylic acids is 1. The lowest BCUT2D eigenvalue weighted by molar-refractivity contribution is -0.146. The van der Waals surface area contributed by atoms with Crippen LogP contribution in [0.25, 0.3) is 0 Å². The molecule has 18 heavy (non-hydrogen) atoms. The maximum atomic E-state index is 12.5. The van der Waals surface area contributed by atoms with Crippen molar-refractivity contribution in [3.63, 3.8) is 0 Å². The number of hydrogen-bond donors (Lipinski definition) is 1. The van der Waals surface area contributed by atoms with Gasteiger partial charge in [0.1, 0.15) is 0 Å². The lowest BCUT2D eigenvalue weighted by Gasteiger charge is -2.31. The van der Waals surface area contributed by atoms with Crippen LogP contribution in [0, 0.1) is 22.7 Å². The van der Waals surface area contributed by atoms with E-state index in [4.69, 9.17) is 5.11 Å². The molecule has 0 aromatic heterocycles. The molecule has 1 heterocycles. The van der Waals surface area contributed by atoms with Crippen molar-refractivity contribution in [2.24, 2.45) is 22.7 Å². The molecular formula is C14H23NO3. The first kappa shape index (κ1) is 13.4. The molecule has 1 N–H and O–H groups in total. The standard InChI is InChI=1S/C14H23NO3/c1-13(2)10(14(13,3)4)11(16)15-7-5-6-9(8-15)12(17)18/h9-10H,5-8H2,1-4H3,(H,17,18)/t9-/m1/s1. The quantitative estimate of drug-likeness (QED) is 0.818. The van der Waals surface area contributed by atoms with Gasteiger partial charge in [-0.15, -0.1) is 0 Å². The Bertz CT molecular complexity index is 373. The molecule has 0 aromatic carbocycles. The molecule has 0 aromatic rings. The van der Waals surface area contributed by atoms with Gasteiger partial charge < -0.3 is 10.0 Å². The average molecular weight is 253 g/mol. The van der Waals surface area contributed by atoms with Gasteiger partial charge in [0.15, 0.2) is 0 Å². The Morgan fingerprint density at radius 2 is 1.72 bits per heavy atom. The third-order valence-corrected chi connectivity index (χ3v) is 5.35. The van der Waals surface area contributed by atoms with Crippen LogP contribution in [-0.2, 0) is 9.59 Å². The van der Waals surface area contributed by atoms with E-state index in [1.807, 2.05) is 0 Å². The third-order valence-electron chi connectivity index (χ3n) is 5.35. The highest BCUT2D eigenvalue weighted by Crippen LogP contribution is 2.68. The fraction of sp³-hybridized carbons (Fsp3) is 0.857. The Morgan fingerprint density at radius 3 is 2.17 bits per heavy atom. The minimum absolute atomic E-state index is 0.0280. The first-order chi connectivity index (χ1) is 8.19. The highest BCUT2D eigenvalue weighted by atomic mass is 16.4. The van der Waals surface area contributed by atoms with Crippen molar-refractivity contribution in [2.45, 2.75) is 40.5 Å². The molecule has 1 atom stereocenters. The number of carbonyl (C=O) groups is 2. The third kappa shape index (κ3) is 1.82. The summed E-state index contributed by atoms with van der Waals surface area (Å²) < 4.78 is 0. The highest BCUT2D eigenvalue weighted by Gasteiger charge is 2.68. The van der Waals surface area contributed by atoms with E-state index in [2.05, 4.69) is 27.7 Å². The van der Waals surface area contributed by atoms with Crippen molar-refractivity contribution < 1.29 is 14.7 Å². The van der Waals surface area contributed by atoms with Crippen molar-refractivity contribution in [2.75, 3.05) is 13.1 Å². The van der Waals surface area contributed by atoms with E-state index in [9.17, 15) is 9.59 Å². The van der Waals surface area contributed by atoms with Gasteiger partial charge in [0, 0.05) is 19.0 Å². The molecule has 2 rings (SSSR count). The molecule has 102 valence electrons. The van der Waals surface area contributed by atoms with Gasteiger partial charge in [-0.3, -0.25) is 9.59 Å². The molecule has 2 fully saturated rings. The molecule has 4 nitrogen and oxygen atoms in total. The number of likely N-dealkylation sites (tertiary alicyclic amines) is 1. The monoisotopic (exact) mass is 253 g/mol. The number of nitrogens with zero attached hydrogens (tertiary/aromatic N) is 1. The molecule has 0 unspecified atom stereocenters. The fourth-order valence-corrected chi connectivity index (χ4v) is 3.38. The minimum atomic E-state index is -0.776. The average Bonchev–Trinajstić information content (AvgIpc) is 2.69. The molecule has 1 saturated carbocycles. The maximum absolute atomic E-state index is 12.5. The van der Waals surface area contributed by atoms with Crippen LogP contribution in [0.4, 0.5) is 0 Å². The Kier molecular flexibility index (Phi) is 2.95. The zero-order valence-corrected chi connectivity index (χ0v) is 11.7. The van der Waals surface area contributed by atoms with Crippen LogP contribution >= 0.6 is 0 Å². The van der Waals surface area contributed by atoms with Crippen LogP contribution in [0.5, 0.6) is 0 Å². The summed E-state index contributed by atoms with van der Waals surface area (Å²) in [6, 6.07) is 0. The maximum Gasteiger partial charge on any atom is 0.308 e. The SMILES string of the molecule is CC1(C)C(C(=O)N2CCC[C@@H](C(=O)O)C2)C1(C)C. The highest BCUT2D eigenvalue weighted by molar-refractivity contribution is 5.85. The van der Waals surface area contributed by atoms with Crippen molar-refractivity contribution in [1.82, 2.24) is 4.90 Å². The lowest BCUT2D eigenvalue weighted by atomic mass is 9.97. The van der Waals surface area contributed by atoms with Crippen LogP contribution in [0.2, 0.25) is 0 Å². The van der Waals surface area contributed by atoms with Crippen molar-refractivity contribution >= 4 is 11.9 Å². The summed E-state index contributed by atoms with van der Waals surface area (Å²) in [7, 11) is 0. The van der Waals surface area contributed by atoms with Gasteiger partial charge in [-0.05, 0) is 23.7 Å². The Hall–Kier alpha value is -1.06. The number of rotatable bonds is 2. The van der Waals surface area contributed by atoms with Crippen LogP contribution in [0.15, 0.2) is 0 Å². The second kappa shape index (κ2) is 3.97. The second-order valence-corrected chi connectivity index (χ2v) is 6.84. The number of hydrogen-bond acceptors (Lipinski definition) is 2. The second-order valence-electron chi connectivity index (χ2n) is 6.84. The first-order valence-corrected chi connectivity index (χ1v) is 6.71. The summed E-state index contributed by atoms with van der Waals surface area (Å²) in [5.41, 5.74) is 0.0561. The molecule has 0 bridgehead atoms. The van der Waals surface area contributed by atoms with Crippen LogP contribution in [-0.4, -0.2) is 35.0 Å². The summed E-state index contributed by atoms with van der Waals surface area (Å²) in [5.74, 6) is -0.969. The summed E-state index contributed by atoms with van der Waals surface area (Å²) in [6.45, 7) is 9.58. The van der Waals surface area contributed by atoms with Gasteiger partial charge in [-0.2, -0.15) is 0 Å². The smallest absolute Gasteiger partial charge is 0.308 e. The molecular weight excluding hydrogens is 230 g/mol. The molecule has 1 amide bonds. The summed E-state index contributed by atoms with van der Waals surface area (Å²) >= 11 is 0. The molecule has 4 heteroatoms. The fourth-order valence-electron chi connectivity index (χ4n) is 3.38. The topological polar surface area (TPSA) is 57.6 Å². The number of piperidine rings is 1. The Morgan fingerprint density at radius 1 is 1.17 bits per heavy atom. The van der Waals surface area contributed by atoms with Crippen molar-refractivity contribution in [3.8, 4) is 0 Å². The van der Waals surface area contributed by atoms with Crippen LogP contribution in [0.3, 0.4) is 0 Å². The van der Waals surface area contributed by atoms with Crippen molar-refractivity contribution in [1.29, 1.82) is 0 Å². The van der Waals surface area contributed by atoms with Gasteiger partial charge in [-0.25, -0.2) is 0 Å². The lowest BCUT2D eigenvalue weighted by Crippen LogP contribution is -2.43. The van der Waals surface area contributed by atoms with Gasteiger partial charge in [0.05, 0.1) is 5.92 Å². The van der Waals surface area contributed by atoms with Gasteiger partial charge in [-0.1, -0.05) is 27.7 Å². The van der Waals surface area contributed by atoms with E-state index in [0.717, 1.165) is 6.42 Å². The minimum Gasteiger partial charge on any atom is -0.481 e. The summed E-state index contributed by atoms with van der Waals surface area (Å²) in [6.07, 6.45) is 1.49. The zero-order chi connectivity index (χ0) is 13.7. The van der Waals surface area contributed by atoms with Gasteiger partial charge in [0.2, 0.25) is 5.91 Å².